The van der Waals surface area contributed by atoms with Crippen LogP contribution in [0.2, 0.25) is 0 Å². The van der Waals surface area contributed by atoms with Crippen LogP contribution in [0.3, 0.4) is 0 Å². The van der Waals surface area contributed by atoms with Crippen LogP contribution in [-0.4, -0.2) is 96.7 Å². The van der Waals surface area contributed by atoms with E-state index in [1.807, 2.05) is 0 Å². The van der Waals surface area contributed by atoms with Crippen LogP contribution in [0.25, 0.3) is 0 Å². The third-order valence-corrected chi connectivity index (χ3v) is 21.3. The zero-order valence-electron chi connectivity index (χ0n) is 67.1. The van der Waals surface area contributed by atoms with Crippen LogP contribution in [0, 0.1) is 17.8 Å². The highest BCUT2D eigenvalue weighted by Gasteiger charge is 2.30. The number of hydrogen-bond acceptors (Lipinski definition) is 15. The molecule has 5 atom stereocenters. The first-order valence-electron chi connectivity index (χ1n) is 42.8. The zero-order chi connectivity index (χ0) is 75.1. The molecule has 0 aromatic rings. The van der Waals surface area contributed by atoms with E-state index in [4.69, 9.17) is 37.0 Å². The number of carbonyl (C=O) groups is 4. The van der Waals surface area contributed by atoms with E-state index in [0.29, 0.717) is 31.6 Å². The van der Waals surface area contributed by atoms with Crippen molar-refractivity contribution in [3.63, 3.8) is 0 Å². The average Bonchev–Trinajstić information content (AvgIpc) is 0.958. The van der Waals surface area contributed by atoms with Crippen LogP contribution in [-0.2, 0) is 65.4 Å². The number of phosphoric acid groups is 2. The van der Waals surface area contributed by atoms with Crippen molar-refractivity contribution >= 4 is 39.5 Å². The van der Waals surface area contributed by atoms with Gasteiger partial charge >= 0.3 is 39.5 Å². The SMILES string of the molecule is CCCCCCCCCCCCCCCCCCCCCCCCC(=O)O[C@H](COC(=O)CCCCCCCCCCCCCCCC(C)C)COP(=O)(O)OC[C@@H](O)COP(=O)(O)OC[C@@H](COC(=O)CCCCCCCCCC(C)C)OC(=O)CCCCCCCCCCCCCC(C)C. The third kappa shape index (κ3) is 76.3. The predicted octanol–water partition coefficient (Wildman–Crippen LogP) is 24.9. The number of carbonyl (C=O) groups excluding carboxylic acids is 4. The molecule has 0 aliphatic heterocycles. The molecule has 0 amide bonds. The minimum absolute atomic E-state index is 0.106. The van der Waals surface area contributed by atoms with Crippen molar-refractivity contribution < 1.29 is 80.2 Å². The molecule has 3 N–H and O–H groups in total. The highest BCUT2D eigenvalue weighted by Crippen LogP contribution is 2.45. The second-order valence-electron chi connectivity index (χ2n) is 31.3. The summed E-state index contributed by atoms with van der Waals surface area (Å²) < 4.78 is 68.8. The summed E-state index contributed by atoms with van der Waals surface area (Å²) in [4.78, 5) is 73.1. The zero-order valence-corrected chi connectivity index (χ0v) is 68.9. The number of aliphatic hydroxyl groups excluding tert-OH is 1. The Kier molecular flexibility index (Phi) is 71.8. The minimum Gasteiger partial charge on any atom is -0.462 e. The molecule has 0 bridgehead atoms. The third-order valence-electron chi connectivity index (χ3n) is 19.4. The topological polar surface area (TPSA) is 237 Å². The van der Waals surface area contributed by atoms with Gasteiger partial charge in [0.05, 0.1) is 26.4 Å². The first kappa shape index (κ1) is 100. The normalized spacial score (nSPS) is 13.9. The van der Waals surface area contributed by atoms with Crippen LogP contribution in [0.4, 0.5) is 0 Å². The summed E-state index contributed by atoms with van der Waals surface area (Å²) in [6, 6.07) is 0. The summed E-state index contributed by atoms with van der Waals surface area (Å²) in [5.74, 6) is 0.150. The van der Waals surface area contributed by atoms with E-state index in [-0.39, 0.29) is 25.7 Å². The number of rotatable bonds is 81. The van der Waals surface area contributed by atoms with Crippen LogP contribution >= 0.6 is 15.6 Å². The smallest absolute Gasteiger partial charge is 0.462 e. The van der Waals surface area contributed by atoms with Gasteiger partial charge in [0, 0.05) is 25.7 Å². The quantitative estimate of drug-likeness (QED) is 0.0222. The van der Waals surface area contributed by atoms with Gasteiger partial charge in [-0.3, -0.25) is 37.3 Å². The number of aliphatic hydroxyl groups is 1. The van der Waals surface area contributed by atoms with Gasteiger partial charge in [-0.15, -0.1) is 0 Å². The standard InChI is InChI=1S/C83H162O17P2/c1-8-9-10-11-12-13-14-15-16-17-18-19-20-21-22-23-26-32-37-44-52-59-66-82(87)99-78(70-93-80(85)64-57-50-43-36-31-27-24-25-29-34-40-47-54-61-74(2)3)72-97-101(89,90)95-68-77(84)69-96-102(91,92)98-73-79(71-94-81(86)65-58-51-46-39-42-49-56-63-76(6)7)100-83(88)67-60-53-45-38-33-28-30-35-41-48-55-62-75(4)5/h74-79,84H,8-73H2,1-7H3,(H,89,90)(H,91,92)/t77-,78-,79-/m1/s1. The van der Waals surface area contributed by atoms with Gasteiger partial charge in [-0.25, -0.2) is 9.13 Å². The average molecular weight is 1490 g/mol. The maximum absolute atomic E-state index is 13.1. The summed E-state index contributed by atoms with van der Waals surface area (Å²) in [6.07, 6.45) is 62.7. The molecule has 0 saturated heterocycles. The molecular weight excluding hydrogens is 1330 g/mol. The monoisotopic (exact) mass is 1490 g/mol. The molecule has 2 unspecified atom stereocenters. The number of ether oxygens (including phenoxy) is 4. The Bertz CT molecular complexity index is 1970. The van der Waals surface area contributed by atoms with Crippen molar-refractivity contribution in [1.82, 2.24) is 0 Å². The van der Waals surface area contributed by atoms with E-state index in [1.54, 1.807) is 0 Å². The Balaban J connectivity index is 5.22. The van der Waals surface area contributed by atoms with Crippen LogP contribution in [0.15, 0.2) is 0 Å². The number of phosphoric ester groups is 2. The molecule has 17 nitrogen and oxygen atoms in total. The van der Waals surface area contributed by atoms with Crippen LogP contribution in [0.1, 0.15) is 434 Å². The second kappa shape index (κ2) is 73.2. The molecule has 19 heteroatoms. The van der Waals surface area contributed by atoms with Crippen molar-refractivity contribution in [3.8, 4) is 0 Å². The van der Waals surface area contributed by atoms with E-state index >= 15 is 0 Å². The van der Waals surface area contributed by atoms with Gasteiger partial charge in [0.15, 0.2) is 12.2 Å². The van der Waals surface area contributed by atoms with Gasteiger partial charge in [0.25, 0.3) is 0 Å². The molecule has 0 heterocycles. The fraction of sp³-hybridized carbons (Fsp3) is 0.952. The fourth-order valence-electron chi connectivity index (χ4n) is 12.8. The maximum atomic E-state index is 13.1. The summed E-state index contributed by atoms with van der Waals surface area (Å²) in [6.45, 7) is 11.9. The molecule has 102 heavy (non-hydrogen) atoms. The van der Waals surface area contributed by atoms with Gasteiger partial charge in [0.2, 0.25) is 0 Å². The maximum Gasteiger partial charge on any atom is 0.472 e. The highest BCUT2D eigenvalue weighted by atomic mass is 31.2. The van der Waals surface area contributed by atoms with Crippen molar-refractivity contribution in [2.24, 2.45) is 17.8 Å². The molecule has 0 aromatic carbocycles. The van der Waals surface area contributed by atoms with E-state index in [2.05, 4.69) is 48.5 Å². The summed E-state index contributed by atoms with van der Waals surface area (Å²) >= 11 is 0. The fourth-order valence-corrected chi connectivity index (χ4v) is 14.4. The molecular formula is C83H162O17P2. The lowest BCUT2D eigenvalue weighted by Gasteiger charge is -2.21. The Labute approximate surface area is 626 Å². The largest absolute Gasteiger partial charge is 0.472 e. The summed E-state index contributed by atoms with van der Waals surface area (Å²) in [7, 11) is -9.92. The molecule has 0 aliphatic rings. The lowest BCUT2D eigenvalue weighted by Crippen LogP contribution is -2.30. The lowest BCUT2D eigenvalue weighted by atomic mass is 10.0. The number of esters is 4. The van der Waals surface area contributed by atoms with Gasteiger partial charge < -0.3 is 33.8 Å². The molecule has 0 aliphatic carbocycles. The Morgan fingerprint density at radius 2 is 0.451 bits per heavy atom. The Morgan fingerprint density at radius 1 is 0.265 bits per heavy atom. The van der Waals surface area contributed by atoms with E-state index < -0.39 is 97.5 Å². The Hall–Kier alpha value is -1.94. The predicted molar refractivity (Wildman–Crippen MR) is 418 cm³/mol. The van der Waals surface area contributed by atoms with Gasteiger partial charge in [-0.05, 0) is 43.4 Å². The molecule has 0 rings (SSSR count). The summed E-state index contributed by atoms with van der Waals surface area (Å²) in [5, 5.41) is 10.6. The first-order chi connectivity index (χ1) is 49.2. The van der Waals surface area contributed by atoms with E-state index in [0.717, 1.165) is 108 Å². The van der Waals surface area contributed by atoms with Gasteiger partial charge in [-0.1, -0.05) is 382 Å². The minimum atomic E-state index is -4.96. The van der Waals surface area contributed by atoms with E-state index in [9.17, 15) is 43.2 Å². The van der Waals surface area contributed by atoms with Gasteiger partial charge in [-0.2, -0.15) is 0 Å². The number of unbranched alkanes of at least 4 members (excludes halogenated alkanes) is 49. The van der Waals surface area contributed by atoms with Crippen molar-refractivity contribution in [2.75, 3.05) is 39.6 Å². The molecule has 0 radical (unpaired) electrons. The van der Waals surface area contributed by atoms with Crippen molar-refractivity contribution in [2.45, 2.75) is 452 Å². The lowest BCUT2D eigenvalue weighted by molar-refractivity contribution is -0.161. The summed E-state index contributed by atoms with van der Waals surface area (Å²) in [5.41, 5.74) is 0. The number of hydrogen-bond donors (Lipinski definition) is 3. The molecule has 0 spiro atoms. The van der Waals surface area contributed by atoms with Crippen LogP contribution in [0.5, 0.6) is 0 Å². The van der Waals surface area contributed by atoms with Gasteiger partial charge in [0.1, 0.15) is 19.3 Å². The molecule has 0 aromatic heterocycles. The van der Waals surface area contributed by atoms with Crippen molar-refractivity contribution in [1.29, 1.82) is 0 Å². The van der Waals surface area contributed by atoms with E-state index in [1.165, 1.54) is 238 Å². The molecule has 606 valence electrons. The highest BCUT2D eigenvalue weighted by molar-refractivity contribution is 7.47. The molecule has 0 fully saturated rings. The van der Waals surface area contributed by atoms with Crippen LogP contribution < -0.4 is 0 Å². The second-order valence-corrected chi connectivity index (χ2v) is 34.2. The Morgan fingerprint density at radius 3 is 0.667 bits per heavy atom. The van der Waals surface area contributed by atoms with Crippen molar-refractivity contribution in [3.05, 3.63) is 0 Å². The molecule has 0 saturated carbocycles. The first-order valence-corrected chi connectivity index (χ1v) is 45.8.